The lowest BCUT2D eigenvalue weighted by molar-refractivity contribution is -0.103. The van der Waals surface area contributed by atoms with Crippen LogP contribution in [0.2, 0.25) is 18.1 Å². The summed E-state index contributed by atoms with van der Waals surface area (Å²) in [6.45, 7) is 16.6. The third-order valence-electron chi connectivity index (χ3n) is 10.5. The van der Waals surface area contributed by atoms with Crippen LogP contribution in [0.1, 0.15) is 79.6 Å². The molecule has 2 N–H and O–H groups in total. The smallest absolute Gasteiger partial charge is 0.192 e. The van der Waals surface area contributed by atoms with Crippen molar-refractivity contribution in [1.29, 1.82) is 0 Å². The van der Waals surface area contributed by atoms with Gasteiger partial charge in [0.25, 0.3) is 0 Å². The summed E-state index contributed by atoms with van der Waals surface area (Å²) in [5.41, 5.74) is 1.21. The molecule has 0 aliphatic heterocycles. The molecule has 0 spiro atoms. The highest BCUT2D eigenvalue weighted by molar-refractivity contribution is 6.74. The molecule has 32 heavy (non-hydrogen) atoms. The Balaban J connectivity index is 1.81. The van der Waals surface area contributed by atoms with Gasteiger partial charge in [-0.15, -0.1) is 0 Å². The first-order chi connectivity index (χ1) is 14.7. The molecule has 0 saturated heterocycles. The quantitative estimate of drug-likeness (QED) is 0.386. The fourth-order valence-electron chi connectivity index (χ4n) is 7.34. The largest absolute Gasteiger partial charge is 0.414 e. The minimum Gasteiger partial charge on any atom is -0.414 e. The lowest BCUT2D eigenvalue weighted by Crippen LogP contribution is -2.53. The molecule has 0 aromatic heterocycles. The number of halogens is 2. The van der Waals surface area contributed by atoms with Crippen LogP contribution in [0.3, 0.4) is 0 Å². The van der Waals surface area contributed by atoms with E-state index in [-0.39, 0.29) is 47.0 Å². The van der Waals surface area contributed by atoms with Crippen molar-refractivity contribution in [1.82, 2.24) is 0 Å². The van der Waals surface area contributed by atoms with E-state index in [1.54, 1.807) is 0 Å². The Morgan fingerprint density at radius 3 is 2.22 bits per heavy atom. The molecule has 3 aliphatic carbocycles. The second-order valence-corrected chi connectivity index (χ2v) is 18.7. The molecular weight excluding hydrogens is 459 g/mol. The Hall–Kier alpha value is 0.417. The van der Waals surface area contributed by atoms with Gasteiger partial charge in [-0.05, 0) is 103 Å². The number of hydrogen-bond acceptors (Lipinski definition) is 3. The monoisotopic (exact) mass is 504 g/mol. The average Bonchev–Trinajstić information content (AvgIpc) is 3.05. The van der Waals surface area contributed by atoms with E-state index in [1.807, 2.05) is 0 Å². The highest BCUT2D eigenvalue weighted by Crippen LogP contribution is 2.64. The number of aliphatic hydroxyl groups is 2. The first-order valence-electron chi connectivity index (χ1n) is 12.7. The normalized spacial score (nSPS) is 41.0. The van der Waals surface area contributed by atoms with Crippen LogP contribution in [0, 0.1) is 34.5 Å². The first-order valence-corrected chi connectivity index (χ1v) is 16.3. The maximum absolute atomic E-state index is 10.6. The Kier molecular flexibility index (Phi) is 7.99. The Morgan fingerprint density at radius 2 is 1.69 bits per heavy atom. The summed E-state index contributed by atoms with van der Waals surface area (Å²) in [7, 11) is -1.84. The highest BCUT2D eigenvalue weighted by Gasteiger charge is 2.57. The SMILES string of the molecule is CC(C)(C)[Si](C)(C)O[C@H]1CC[C@](C)(C2CC[C@]3(C)C(=C(Cl)Cl)CCC3[C@@H]2CO)[C@@H](CO)C1. The summed E-state index contributed by atoms with van der Waals surface area (Å²) in [5, 5.41) is 21.3. The molecule has 0 aromatic rings. The molecule has 0 heterocycles. The van der Waals surface area contributed by atoms with Gasteiger partial charge in [-0.25, -0.2) is 0 Å². The number of allylic oxidation sites excluding steroid dienone is 1. The number of rotatable bonds is 5. The summed E-state index contributed by atoms with van der Waals surface area (Å²) in [6.07, 6.45) is 7.38. The van der Waals surface area contributed by atoms with Crippen LogP contribution in [0.4, 0.5) is 0 Å². The van der Waals surface area contributed by atoms with Crippen molar-refractivity contribution in [2.45, 2.75) is 104 Å². The molecule has 0 bridgehead atoms. The van der Waals surface area contributed by atoms with Gasteiger partial charge < -0.3 is 14.6 Å². The van der Waals surface area contributed by atoms with Crippen LogP contribution < -0.4 is 0 Å². The number of hydrogen-bond donors (Lipinski definition) is 2. The lowest BCUT2D eigenvalue weighted by atomic mass is 9.49. The molecule has 0 amide bonds. The van der Waals surface area contributed by atoms with Gasteiger partial charge in [0.1, 0.15) is 4.49 Å². The molecule has 0 aromatic carbocycles. The topological polar surface area (TPSA) is 49.7 Å². The second kappa shape index (κ2) is 9.46. The van der Waals surface area contributed by atoms with Gasteiger partial charge in [0.05, 0.1) is 0 Å². The molecule has 6 heteroatoms. The summed E-state index contributed by atoms with van der Waals surface area (Å²) in [5.74, 6) is 1.26. The first kappa shape index (κ1) is 27.0. The second-order valence-electron chi connectivity index (χ2n) is 13.0. The maximum Gasteiger partial charge on any atom is 0.192 e. The average molecular weight is 506 g/mol. The molecule has 3 rings (SSSR count). The van der Waals surface area contributed by atoms with Gasteiger partial charge in [0.2, 0.25) is 0 Å². The minimum atomic E-state index is -1.84. The van der Waals surface area contributed by atoms with E-state index in [0.717, 1.165) is 44.9 Å². The van der Waals surface area contributed by atoms with E-state index < -0.39 is 8.32 Å². The molecule has 3 saturated carbocycles. The van der Waals surface area contributed by atoms with Crippen LogP contribution in [-0.2, 0) is 4.43 Å². The third-order valence-corrected chi connectivity index (χ3v) is 15.5. The molecular formula is C26H46Cl2O3Si. The summed E-state index contributed by atoms with van der Waals surface area (Å²) >= 11 is 12.6. The zero-order chi connectivity index (χ0) is 24.1. The lowest BCUT2D eigenvalue weighted by Gasteiger charge is -2.57. The van der Waals surface area contributed by atoms with Crippen molar-refractivity contribution < 1.29 is 14.6 Å². The van der Waals surface area contributed by atoms with E-state index in [2.05, 4.69) is 47.7 Å². The van der Waals surface area contributed by atoms with Crippen molar-refractivity contribution in [3.63, 3.8) is 0 Å². The van der Waals surface area contributed by atoms with Crippen molar-refractivity contribution in [3.8, 4) is 0 Å². The van der Waals surface area contributed by atoms with E-state index >= 15 is 0 Å². The van der Waals surface area contributed by atoms with Gasteiger partial charge >= 0.3 is 0 Å². The van der Waals surface area contributed by atoms with Crippen LogP contribution in [0.5, 0.6) is 0 Å². The summed E-state index contributed by atoms with van der Waals surface area (Å²) in [6, 6.07) is 0. The van der Waals surface area contributed by atoms with Gasteiger partial charge in [0, 0.05) is 19.3 Å². The molecule has 7 atom stereocenters. The van der Waals surface area contributed by atoms with Gasteiger partial charge in [0.15, 0.2) is 8.32 Å². The van der Waals surface area contributed by atoms with Crippen LogP contribution in [-0.4, -0.2) is 37.8 Å². The summed E-state index contributed by atoms with van der Waals surface area (Å²) < 4.78 is 7.22. The standard InChI is InChI=1S/C26H46Cl2O3Si/c1-24(2,3)32(6,7)31-18-10-12-25(4,17(14-18)15-29)21-11-13-26(5)20(19(21)16-30)8-9-22(26)23(27)28/h17-21,29-30H,8-16H2,1-7H3/t17-,18+,19+,20?,21?,25+,26+/m1/s1. The van der Waals surface area contributed by atoms with E-state index in [0.29, 0.717) is 16.3 Å². The molecule has 0 radical (unpaired) electrons. The predicted octanol–water partition coefficient (Wildman–Crippen LogP) is 7.30. The van der Waals surface area contributed by atoms with Crippen LogP contribution >= 0.6 is 23.2 Å². The van der Waals surface area contributed by atoms with Crippen molar-refractivity contribution in [3.05, 3.63) is 10.1 Å². The van der Waals surface area contributed by atoms with Crippen molar-refractivity contribution in [2.75, 3.05) is 13.2 Å². The summed E-state index contributed by atoms with van der Waals surface area (Å²) in [4.78, 5) is 0. The fraction of sp³-hybridized carbons (Fsp3) is 0.923. The van der Waals surface area contributed by atoms with E-state index in [9.17, 15) is 10.2 Å². The fourth-order valence-corrected chi connectivity index (χ4v) is 9.36. The van der Waals surface area contributed by atoms with Gasteiger partial charge in [-0.3, -0.25) is 0 Å². The van der Waals surface area contributed by atoms with Gasteiger partial charge in [-0.1, -0.05) is 57.8 Å². The maximum atomic E-state index is 10.6. The van der Waals surface area contributed by atoms with Gasteiger partial charge in [-0.2, -0.15) is 0 Å². The predicted molar refractivity (Wildman–Crippen MR) is 137 cm³/mol. The van der Waals surface area contributed by atoms with E-state index in [1.165, 1.54) is 5.57 Å². The molecule has 3 aliphatic rings. The zero-order valence-electron chi connectivity index (χ0n) is 21.3. The molecule has 3 fully saturated rings. The van der Waals surface area contributed by atoms with Crippen LogP contribution in [0.15, 0.2) is 10.1 Å². The Bertz CT molecular complexity index is 714. The molecule has 186 valence electrons. The minimum absolute atomic E-state index is 0.00352. The highest BCUT2D eigenvalue weighted by atomic mass is 35.5. The van der Waals surface area contributed by atoms with Crippen molar-refractivity contribution >= 4 is 31.5 Å². The molecule has 3 nitrogen and oxygen atoms in total. The Labute approximate surface area is 207 Å². The third kappa shape index (κ3) is 4.63. The van der Waals surface area contributed by atoms with Crippen LogP contribution in [0.25, 0.3) is 0 Å². The van der Waals surface area contributed by atoms with Crippen molar-refractivity contribution in [2.24, 2.45) is 34.5 Å². The Morgan fingerprint density at radius 1 is 1.03 bits per heavy atom. The molecule has 2 unspecified atom stereocenters. The number of aliphatic hydroxyl groups excluding tert-OH is 2. The zero-order valence-corrected chi connectivity index (χ0v) is 23.8. The number of fused-ring (bicyclic) bond motifs is 1. The van der Waals surface area contributed by atoms with E-state index in [4.69, 9.17) is 27.6 Å².